The SMILES string of the molecule is O=CC(=O)c1c(F)c(F)c(C(=O)C=O)c(F)c1F. The van der Waals surface area contributed by atoms with Gasteiger partial charge in [-0.05, 0) is 0 Å². The van der Waals surface area contributed by atoms with Gasteiger partial charge in [-0.25, -0.2) is 17.6 Å². The Balaban J connectivity index is 3.76. The minimum atomic E-state index is -2.21. The van der Waals surface area contributed by atoms with Gasteiger partial charge in [0.1, 0.15) is 11.1 Å². The summed E-state index contributed by atoms with van der Waals surface area (Å²) < 4.78 is 52.8. The van der Waals surface area contributed by atoms with Crippen molar-refractivity contribution in [3.05, 3.63) is 34.4 Å². The molecule has 4 nitrogen and oxygen atoms in total. The number of rotatable bonds is 4. The van der Waals surface area contributed by atoms with Crippen LogP contribution in [0.15, 0.2) is 0 Å². The van der Waals surface area contributed by atoms with Crippen molar-refractivity contribution in [2.24, 2.45) is 0 Å². The van der Waals surface area contributed by atoms with Crippen LogP contribution in [0.25, 0.3) is 0 Å². The van der Waals surface area contributed by atoms with E-state index >= 15 is 0 Å². The molecule has 18 heavy (non-hydrogen) atoms. The Morgan fingerprint density at radius 1 is 0.667 bits per heavy atom. The van der Waals surface area contributed by atoms with Crippen molar-refractivity contribution in [2.45, 2.75) is 0 Å². The lowest BCUT2D eigenvalue weighted by molar-refractivity contribution is -0.105. The fourth-order valence-electron chi connectivity index (χ4n) is 1.18. The summed E-state index contributed by atoms with van der Waals surface area (Å²) in [5.41, 5.74) is -3.52. The number of hydrogen-bond donors (Lipinski definition) is 0. The van der Waals surface area contributed by atoms with Crippen molar-refractivity contribution in [3.8, 4) is 0 Å². The predicted molar refractivity (Wildman–Crippen MR) is 47.1 cm³/mol. The van der Waals surface area contributed by atoms with Crippen LogP contribution in [-0.4, -0.2) is 24.1 Å². The summed E-state index contributed by atoms with van der Waals surface area (Å²) in [4.78, 5) is 41.7. The fourth-order valence-corrected chi connectivity index (χ4v) is 1.18. The monoisotopic (exact) mass is 262 g/mol. The molecule has 0 aliphatic carbocycles. The average Bonchev–Trinajstić information content (AvgIpc) is 2.36. The molecule has 0 heterocycles. The zero-order valence-corrected chi connectivity index (χ0v) is 8.30. The summed E-state index contributed by atoms with van der Waals surface area (Å²) in [7, 11) is 0. The first kappa shape index (κ1) is 13.7. The average molecular weight is 262 g/mol. The number of carbonyl (C=O) groups excluding carboxylic acids is 4. The summed E-state index contributed by atoms with van der Waals surface area (Å²) in [6.07, 6.45) is -1.11. The second kappa shape index (κ2) is 4.86. The van der Waals surface area contributed by atoms with Crippen molar-refractivity contribution < 1.29 is 36.7 Å². The van der Waals surface area contributed by atoms with Gasteiger partial charge >= 0.3 is 0 Å². The Morgan fingerprint density at radius 2 is 0.889 bits per heavy atom. The van der Waals surface area contributed by atoms with E-state index in [1.54, 1.807) is 0 Å². The van der Waals surface area contributed by atoms with E-state index in [1.807, 2.05) is 0 Å². The van der Waals surface area contributed by atoms with Crippen LogP contribution >= 0.6 is 0 Å². The standard InChI is InChI=1S/C10H2F4O4/c11-7-5(3(17)1-15)8(12)10(14)6(9(7)13)4(18)2-16/h1-2H. The molecule has 0 radical (unpaired) electrons. The zero-order valence-electron chi connectivity index (χ0n) is 8.30. The molecule has 0 aliphatic heterocycles. The highest BCUT2D eigenvalue weighted by Gasteiger charge is 2.31. The molecule has 94 valence electrons. The van der Waals surface area contributed by atoms with Gasteiger partial charge < -0.3 is 0 Å². The molecule has 1 aromatic rings. The Morgan fingerprint density at radius 3 is 1.06 bits per heavy atom. The van der Waals surface area contributed by atoms with Crippen LogP contribution in [-0.2, 0) is 9.59 Å². The van der Waals surface area contributed by atoms with Gasteiger partial charge in [-0.3, -0.25) is 19.2 Å². The normalized spacial score (nSPS) is 10.0. The van der Waals surface area contributed by atoms with Crippen molar-refractivity contribution >= 4 is 24.1 Å². The minimum Gasteiger partial charge on any atom is -0.294 e. The van der Waals surface area contributed by atoms with Crippen molar-refractivity contribution in [1.82, 2.24) is 0 Å². The topological polar surface area (TPSA) is 68.3 Å². The first-order valence-electron chi connectivity index (χ1n) is 4.21. The van der Waals surface area contributed by atoms with Crippen molar-refractivity contribution in [1.29, 1.82) is 0 Å². The molecule has 0 spiro atoms. The van der Waals surface area contributed by atoms with Crippen LogP contribution in [0.4, 0.5) is 17.6 Å². The van der Waals surface area contributed by atoms with E-state index in [2.05, 4.69) is 0 Å². The van der Waals surface area contributed by atoms with Gasteiger partial charge in [0, 0.05) is 0 Å². The molecule has 0 bridgehead atoms. The molecule has 0 aromatic heterocycles. The third-order valence-corrected chi connectivity index (χ3v) is 1.97. The molecule has 0 aliphatic rings. The van der Waals surface area contributed by atoms with E-state index in [0.717, 1.165) is 0 Å². The largest absolute Gasteiger partial charge is 0.294 e. The first-order valence-corrected chi connectivity index (χ1v) is 4.21. The lowest BCUT2D eigenvalue weighted by Crippen LogP contribution is -2.17. The van der Waals surface area contributed by atoms with Gasteiger partial charge in [0.05, 0.1) is 0 Å². The van der Waals surface area contributed by atoms with Crippen molar-refractivity contribution in [2.75, 3.05) is 0 Å². The van der Waals surface area contributed by atoms with Crippen molar-refractivity contribution in [3.63, 3.8) is 0 Å². The highest BCUT2D eigenvalue weighted by molar-refractivity contribution is 6.35. The van der Waals surface area contributed by atoms with E-state index in [9.17, 15) is 36.7 Å². The van der Waals surface area contributed by atoms with Crippen LogP contribution in [0.3, 0.4) is 0 Å². The molecule has 0 saturated carbocycles. The fraction of sp³-hybridized carbons (Fsp3) is 0. The van der Waals surface area contributed by atoms with Gasteiger partial charge in [0.25, 0.3) is 0 Å². The number of carbonyl (C=O) groups is 4. The van der Waals surface area contributed by atoms with E-state index in [1.165, 1.54) is 0 Å². The molecule has 0 unspecified atom stereocenters. The Bertz CT molecular complexity index is 500. The summed E-state index contributed by atoms with van der Waals surface area (Å²) >= 11 is 0. The van der Waals surface area contributed by atoms with Gasteiger partial charge in [-0.1, -0.05) is 0 Å². The van der Waals surface area contributed by atoms with Crippen LogP contribution in [0.5, 0.6) is 0 Å². The third-order valence-electron chi connectivity index (χ3n) is 1.97. The van der Waals surface area contributed by atoms with E-state index in [4.69, 9.17) is 0 Å². The molecule has 0 fully saturated rings. The lowest BCUT2D eigenvalue weighted by atomic mass is 10.0. The van der Waals surface area contributed by atoms with Gasteiger partial charge in [0.2, 0.25) is 11.6 Å². The molecule has 0 amide bonds. The molecule has 1 aromatic carbocycles. The van der Waals surface area contributed by atoms with Crippen LogP contribution < -0.4 is 0 Å². The van der Waals surface area contributed by atoms with Gasteiger partial charge in [-0.2, -0.15) is 0 Å². The quantitative estimate of drug-likeness (QED) is 0.267. The molecule has 0 saturated heterocycles. The van der Waals surface area contributed by atoms with E-state index < -0.39 is 58.5 Å². The van der Waals surface area contributed by atoms with E-state index in [-0.39, 0.29) is 0 Å². The number of Topliss-reactive ketones (excluding diaryl/α,β-unsaturated/α-hetero) is 2. The second-order valence-electron chi connectivity index (χ2n) is 2.97. The molecular formula is C10H2F4O4. The summed E-state index contributed by atoms with van der Waals surface area (Å²) in [6.45, 7) is 0. The third kappa shape index (κ3) is 1.92. The number of ketones is 2. The molecule has 0 N–H and O–H groups in total. The number of halogens is 4. The second-order valence-corrected chi connectivity index (χ2v) is 2.97. The lowest BCUT2D eigenvalue weighted by Gasteiger charge is -2.06. The molecule has 8 heteroatoms. The highest BCUT2D eigenvalue weighted by atomic mass is 19.2. The first-order chi connectivity index (χ1) is 8.36. The highest BCUT2D eigenvalue weighted by Crippen LogP contribution is 2.24. The number of hydrogen-bond acceptors (Lipinski definition) is 4. The Labute approximate surface area is 96.2 Å². The Kier molecular flexibility index (Phi) is 3.70. The van der Waals surface area contributed by atoms with Gasteiger partial charge in [-0.15, -0.1) is 0 Å². The molecular weight excluding hydrogens is 260 g/mol. The zero-order chi connectivity index (χ0) is 14.0. The van der Waals surface area contributed by atoms with Crippen LogP contribution in [0.1, 0.15) is 20.7 Å². The summed E-state index contributed by atoms with van der Waals surface area (Å²) in [5, 5.41) is 0. The maximum atomic E-state index is 13.2. The predicted octanol–water partition coefficient (Wildman–Crippen LogP) is 1.01. The van der Waals surface area contributed by atoms with Gasteiger partial charge in [0.15, 0.2) is 35.8 Å². The Hall–Kier alpha value is -2.38. The molecule has 1 rings (SSSR count). The summed E-state index contributed by atoms with van der Waals surface area (Å²) in [6, 6.07) is 0. The molecule has 0 atom stereocenters. The number of aldehydes is 2. The summed E-state index contributed by atoms with van der Waals surface area (Å²) in [5.74, 6) is -12.5. The smallest absolute Gasteiger partial charge is 0.231 e. The number of benzene rings is 1. The van der Waals surface area contributed by atoms with Crippen LogP contribution in [0.2, 0.25) is 0 Å². The maximum Gasteiger partial charge on any atom is 0.231 e. The van der Waals surface area contributed by atoms with E-state index in [0.29, 0.717) is 0 Å². The van der Waals surface area contributed by atoms with Crippen LogP contribution in [0, 0.1) is 23.3 Å². The minimum absolute atomic E-state index is 0.554. The maximum absolute atomic E-state index is 13.2.